The van der Waals surface area contributed by atoms with Gasteiger partial charge in [0.15, 0.2) is 24.4 Å². The van der Waals surface area contributed by atoms with Gasteiger partial charge < -0.3 is 24.3 Å². The van der Waals surface area contributed by atoms with Crippen LogP contribution in [-0.2, 0) is 42.9 Å². The minimum absolute atomic E-state index is 0.539. The Morgan fingerprint density at radius 1 is 0.815 bits per heavy atom. The van der Waals surface area contributed by atoms with E-state index in [0.29, 0.717) is 0 Å². The molecule has 0 radical (unpaired) electrons. The van der Waals surface area contributed by atoms with Gasteiger partial charge in [-0.2, -0.15) is 5.26 Å². The molecule has 1 N–H and O–H groups in total. The molecule has 4 unspecified atom stereocenters. The molecule has 0 rings (SSSR count). The van der Waals surface area contributed by atoms with Gasteiger partial charge in [-0.1, -0.05) is 0 Å². The smallest absolute Gasteiger partial charge is 0.303 e. The van der Waals surface area contributed by atoms with Crippen LogP contribution in [0.5, 0.6) is 0 Å². The summed E-state index contributed by atoms with van der Waals surface area (Å²) in [7, 11) is 0. The summed E-state index contributed by atoms with van der Waals surface area (Å²) in [5.74, 6) is -3.84. The first-order valence-corrected chi connectivity index (χ1v) is 7.79. The van der Waals surface area contributed by atoms with E-state index < -0.39 is 60.7 Å². The van der Waals surface area contributed by atoms with Gasteiger partial charge in [-0.15, -0.1) is 0 Å². The maximum Gasteiger partial charge on any atom is 0.303 e. The number of amides is 1. The lowest BCUT2D eigenvalue weighted by molar-refractivity contribution is -0.190. The van der Waals surface area contributed by atoms with Crippen LogP contribution in [-0.4, -0.2) is 60.7 Å². The van der Waals surface area contributed by atoms with Crippen LogP contribution in [0.15, 0.2) is 0 Å². The topological polar surface area (TPSA) is 158 Å². The van der Waals surface area contributed by atoms with Crippen LogP contribution in [0, 0.1) is 11.3 Å². The zero-order valence-corrected chi connectivity index (χ0v) is 15.6. The number of nitriles is 1. The fraction of sp³-hybridized carbons (Fsp3) is 0.625. The summed E-state index contributed by atoms with van der Waals surface area (Å²) in [4.78, 5) is 56.9. The number of rotatable bonds is 9. The predicted molar refractivity (Wildman–Crippen MR) is 86.5 cm³/mol. The third kappa shape index (κ3) is 9.78. The number of carbonyl (C=O) groups excluding carboxylic acids is 5. The highest BCUT2D eigenvalue weighted by molar-refractivity contribution is 5.74. The van der Waals surface area contributed by atoms with E-state index >= 15 is 0 Å². The highest BCUT2D eigenvalue weighted by atomic mass is 16.6. The Kier molecular flexibility index (Phi) is 10.1. The zero-order valence-electron chi connectivity index (χ0n) is 15.6. The number of hydrogen-bond acceptors (Lipinski definition) is 10. The SMILES string of the molecule is CC(=O)NC(C#N)C(OC(C)=O)C(OC(C)=O)C(COC(C)=O)OC(C)=O. The second kappa shape index (κ2) is 11.5. The van der Waals surface area contributed by atoms with Crippen molar-refractivity contribution in [2.24, 2.45) is 0 Å². The van der Waals surface area contributed by atoms with Crippen LogP contribution in [0.1, 0.15) is 34.6 Å². The van der Waals surface area contributed by atoms with Gasteiger partial charge in [0.1, 0.15) is 6.61 Å². The Balaban J connectivity index is 6.01. The highest BCUT2D eigenvalue weighted by Crippen LogP contribution is 2.18. The van der Waals surface area contributed by atoms with Gasteiger partial charge in [0.25, 0.3) is 0 Å². The molecule has 27 heavy (non-hydrogen) atoms. The first-order chi connectivity index (χ1) is 12.5. The number of carbonyl (C=O) groups is 5. The van der Waals surface area contributed by atoms with Crippen molar-refractivity contribution >= 4 is 29.8 Å². The molecule has 0 saturated heterocycles. The van der Waals surface area contributed by atoms with Crippen LogP contribution in [0.25, 0.3) is 0 Å². The summed E-state index contributed by atoms with van der Waals surface area (Å²) in [5.41, 5.74) is 0. The first kappa shape index (κ1) is 23.8. The van der Waals surface area contributed by atoms with E-state index in [-0.39, 0.29) is 0 Å². The minimum Gasteiger partial charge on any atom is -0.462 e. The Bertz CT molecular complexity index is 626. The van der Waals surface area contributed by atoms with E-state index in [1.165, 1.54) is 0 Å². The van der Waals surface area contributed by atoms with Gasteiger partial charge in [0.2, 0.25) is 5.91 Å². The highest BCUT2D eigenvalue weighted by Gasteiger charge is 2.43. The van der Waals surface area contributed by atoms with Crippen LogP contribution < -0.4 is 5.32 Å². The number of esters is 4. The van der Waals surface area contributed by atoms with Crippen molar-refractivity contribution < 1.29 is 42.9 Å². The summed E-state index contributed by atoms with van der Waals surface area (Å²) < 4.78 is 20.0. The molecule has 11 nitrogen and oxygen atoms in total. The molecular formula is C16H22N2O9. The van der Waals surface area contributed by atoms with Gasteiger partial charge in [0, 0.05) is 34.6 Å². The lowest BCUT2D eigenvalue weighted by Crippen LogP contribution is -2.56. The van der Waals surface area contributed by atoms with Crippen molar-refractivity contribution in [3.05, 3.63) is 0 Å². The minimum atomic E-state index is -1.54. The van der Waals surface area contributed by atoms with Gasteiger partial charge in [0.05, 0.1) is 6.07 Å². The quantitative estimate of drug-likeness (QED) is 0.399. The first-order valence-electron chi connectivity index (χ1n) is 7.79. The van der Waals surface area contributed by atoms with Crippen molar-refractivity contribution in [3.63, 3.8) is 0 Å². The van der Waals surface area contributed by atoms with E-state index in [1.54, 1.807) is 6.07 Å². The van der Waals surface area contributed by atoms with E-state index in [1.807, 2.05) is 0 Å². The van der Waals surface area contributed by atoms with Crippen LogP contribution in [0.4, 0.5) is 0 Å². The number of hydrogen-bond donors (Lipinski definition) is 1. The molecule has 0 bridgehead atoms. The van der Waals surface area contributed by atoms with Gasteiger partial charge >= 0.3 is 23.9 Å². The summed E-state index contributed by atoms with van der Waals surface area (Å²) in [6, 6.07) is 0.278. The average molecular weight is 386 g/mol. The third-order valence-corrected chi connectivity index (χ3v) is 2.89. The number of ether oxygens (including phenoxy) is 4. The van der Waals surface area contributed by atoms with Gasteiger partial charge in [-0.25, -0.2) is 0 Å². The van der Waals surface area contributed by atoms with E-state index in [9.17, 15) is 29.2 Å². The summed E-state index contributed by atoms with van der Waals surface area (Å²) in [5, 5.41) is 11.6. The lowest BCUT2D eigenvalue weighted by Gasteiger charge is -2.33. The van der Waals surface area contributed by atoms with E-state index in [4.69, 9.17) is 18.9 Å². The van der Waals surface area contributed by atoms with Crippen molar-refractivity contribution in [1.82, 2.24) is 5.32 Å². The molecule has 0 aliphatic carbocycles. The van der Waals surface area contributed by atoms with Crippen molar-refractivity contribution in [1.29, 1.82) is 5.26 Å². The molecule has 4 atom stereocenters. The van der Waals surface area contributed by atoms with Gasteiger partial charge in [-0.3, -0.25) is 24.0 Å². The maximum absolute atomic E-state index is 11.5. The molecule has 0 spiro atoms. The molecule has 0 aliphatic heterocycles. The normalized spacial score (nSPS) is 14.4. The molecule has 11 heteroatoms. The van der Waals surface area contributed by atoms with Crippen molar-refractivity contribution in [2.45, 2.75) is 59.0 Å². The number of nitrogens with one attached hydrogen (secondary N) is 1. The predicted octanol–water partition coefficient (Wildman–Crippen LogP) is -0.627. The Morgan fingerprint density at radius 3 is 1.67 bits per heavy atom. The molecule has 1 amide bonds. The fourth-order valence-electron chi connectivity index (χ4n) is 2.08. The van der Waals surface area contributed by atoms with Crippen LogP contribution >= 0.6 is 0 Å². The average Bonchev–Trinajstić information content (AvgIpc) is 2.51. The summed E-state index contributed by atoms with van der Waals surface area (Å²) in [6.07, 6.45) is -4.48. The molecule has 0 aliphatic rings. The second-order valence-electron chi connectivity index (χ2n) is 5.41. The monoisotopic (exact) mass is 386 g/mol. The molecule has 0 saturated carbocycles. The van der Waals surface area contributed by atoms with E-state index in [2.05, 4.69) is 5.32 Å². The Labute approximate surface area is 155 Å². The fourth-order valence-corrected chi connectivity index (χ4v) is 2.08. The van der Waals surface area contributed by atoms with Crippen molar-refractivity contribution in [3.8, 4) is 6.07 Å². The second-order valence-corrected chi connectivity index (χ2v) is 5.41. The molecule has 0 aromatic heterocycles. The van der Waals surface area contributed by atoms with E-state index in [0.717, 1.165) is 34.6 Å². The molecule has 150 valence electrons. The molecule has 0 aromatic rings. The third-order valence-electron chi connectivity index (χ3n) is 2.89. The Hall–Kier alpha value is -3.16. The number of nitrogens with zero attached hydrogens (tertiary/aromatic N) is 1. The lowest BCUT2D eigenvalue weighted by atomic mass is 10.0. The molecule has 0 aromatic carbocycles. The van der Waals surface area contributed by atoms with Gasteiger partial charge in [-0.05, 0) is 0 Å². The molecule has 0 fully saturated rings. The van der Waals surface area contributed by atoms with Crippen LogP contribution in [0.3, 0.4) is 0 Å². The molecule has 0 heterocycles. The zero-order chi connectivity index (χ0) is 21.1. The summed E-state index contributed by atoms with van der Waals surface area (Å²) >= 11 is 0. The largest absolute Gasteiger partial charge is 0.462 e. The van der Waals surface area contributed by atoms with Crippen molar-refractivity contribution in [2.75, 3.05) is 6.61 Å². The Morgan fingerprint density at radius 2 is 1.30 bits per heavy atom. The standard InChI is InChI=1S/C16H22N2O9/c1-8(19)18-13(6-17)15(26-11(4)22)16(27-12(5)23)14(25-10(3)21)7-24-9(2)20/h13-16H,7H2,1-5H3,(H,18,19). The maximum atomic E-state index is 11.5. The molecular weight excluding hydrogens is 364 g/mol. The summed E-state index contributed by atoms with van der Waals surface area (Å²) in [6.45, 7) is 4.81. The van der Waals surface area contributed by atoms with Crippen LogP contribution in [0.2, 0.25) is 0 Å².